The van der Waals surface area contributed by atoms with Crippen LogP contribution < -0.4 is 10.5 Å². The molecule has 2 N–H and O–H groups in total. The largest absolute Gasteiger partial charge is 0.465 e. The third-order valence-electron chi connectivity index (χ3n) is 3.73. The summed E-state index contributed by atoms with van der Waals surface area (Å²) in [5.41, 5.74) is 0.952. The van der Waals surface area contributed by atoms with Crippen LogP contribution in [0.25, 0.3) is 10.9 Å². The zero-order valence-corrected chi connectivity index (χ0v) is 13.5. The Labute approximate surface area is 142 Å². The highest BCUT2D eigenvalue weighted by molar-refractivity contribution is 6.05. The molecule has 3 rings (SSSR count). The zero-order chi connectivity index (χ0) is 18.0. The molecular weight excluding hydrogens is 326 g/mol. The van der Waals surface area contributed by atoms with E-state index >= 15 is 0 Å². The van der Waals surface area contributed by atoms with Gasteiger partial charge < -0.3 is 14.4 Å². The van der Waals surface area contributed by atoms with E-state index in [1.54, 1.807) is 36.6 Å². The van der Waals surface area contributed by atoms with Crippen LogP contribution in [0.2, 0.25) is 0 Å². The molecule has 1 aromatic heterocycles. The molecule has 2 heterocycles. The second kappa shape index (κ2) is 6.52. The van der Waals surface area contributed by atoms with Gasteiger partial charge in [0.2, 0.25) is 0 Å². The average molecular weight is 341 g/mol. The fourth-order valence-corrected chi connectivity index (χ4v) is 2.54. The predicted octanol–water partition coefficient (Wildman–Crippen LogP) is 1.35. The fraction of sp³-hybridized carbons (Fsp3) is 0.118. The van der Waals surface area contributed by atoms with Gasteiger partial charge in [-0.2, -0.15) is 0 Å². The number of anilines is 1. The Balaban J connectivity index is 2.20. The molecule has 0 unspecified atom stereocenters. The van der Waals surface area contributed by atoms with Crippen LogP contribution in [0.5, 0.6) is 0 Å². The number of aromatic amines is 2. The minimum atomic E-state index is -0.695. The summed E-state index contributed by atoms with van der Waals surface area (Å²) in [5.74, 6) is -1.36. The predicted molar refractivity (Wildman–Crippen MR) is 90.7 cm³/mol. The van der Waals surface area contributed by atoms with Crippen molar-refractivity contribution in [1.82, 2.24) is 10.2 Å². The van der Waals surface area contributed by atoms with E-state index in [-0.39, 0.29) is 16.8 Å². The molecular formula is C17H15N3O5. The van der Waals surface area contributed by atoms with Crippen molar-refractivity contribution in [1.29, 1.82) is 0 Å². The Bertz CT molecular complexity index is 993. The number of nitrogens with zero attached hydrogens (tertiary/aromatic N) is 1. The first-order valence-corrected chi connectivity index (χ1v) is 7.32. The Morgan fingerprint density at radius 1 is 1.04 bits per heavy atom. The van der Waals surface area contributed by atoms with E-state index in [0.717, 1.165) is 0 Å². The number of nitrogens with one attached hydrogen (secondary N) is 2. The number of carbonyl (C=O) groups excluding carboxylic acids is 2. The maximum absolute atomic E-state index is 12.3. The highest BCUT2D eigenvalue weighted by Crippen LogP contribution is 2.27. The van der Waals surface area contributed by atoms with Crippen LogP contribution in [0.15, 0.2) is 58.7 Å². The van der Waals surface area contributed by atoms with Crippen LogP contribution in [-0.4, -0.2) is 36.4 Å². The fourth-order valence-electron chi connectivity index (χ4n) is 2.54. The molecule has 0 bridgehead atoms. The summed E-state index contributed by atoms with van der Waals surface area (Å²) in [5, 5.41) is 5.74. The normalized spacial score (nSPS) is 13.9. The lowest BCUT2D eigenvalue weighted by atomic mass is 10.1. The first-order valence-electron chi connectivity index (χ1n) is 7.32. The van der Waals surface area contributed by atoms with Gasteiger partial charge in [-0.25, -0.2) is 9.59 Å². The van der Waals surface area contributed by atoms with Gasteiger partial charge in [-0.05, 0) is 30.4 Å². The summed E-state index contributed by atoms with van der Waals surface area (Å²) in [4.78, 5) is 37.6. The number of ether oxygens (including phenoxy) is 2. The van der Waals surface area contributed by atoms with Crippen LogP contribution in [-0.2, 0) is 19.1 Å². The van der Waals surface area contributed by atoms with Crippen molar-refractivity contribution in [3.8, 4) is 0 Å². The summed E-state index contributed by atoms with van der Waals surface area (Å²) in [6.45, 7) is 0. The summed E-state index contributed by atoms with van der Waals surface area (Å²) < 4.78 is 9.60. The molecule has 8 nitrogen and oxygen atoms in total. The van der Waals surface area contributed by atoms with Gasteiger partial charge >= 0.3 is 11.9 Å². The first kappa shape index (κ1) is 16.3. The lowest BCUT2D eigenvalue weighted by molar-refractivity contribution is -0.139. The summed E-state index contributed by atoms with van der Waals surface area (Å²) >= 11 is 0. The number of aromatic nitrogens is 2. The molecule has 8 heteroatoms. The van der Waals surface area contributed by atoms with Crippen LogP contribution in [0.4, 0.5) is 5.69 Å². The number of carbonyl (C=O) groups is 2. The van der Waals surface area contributed by atoms with Crippen molar-refractivity contribution in [2.24, 2.45) is 0 Å². The molecule has 128 valence electrons. The number of methoxy groups -OCH3 is 2. The summed E-state index contributed by atoms with van der Waals surface area (Å²) in [6.07, 6.45) is 6.38. The minimum Gasteiger partial charge on any atom is -0.465 e. The highest BCUT2D eigenvalue weighted by Gasteiger charge is 2.27. The Morgan fingerprint density at radius 2 is 1.80 bits per heavy atom. The molecule has 1 aromatic carbocycles. The molecule has 0 spiro atoms. The number of esters is 2. The van der Waals surface area contributed by atoms with Gasteiger partial charge in [-0.3, -0.25) is 15.0 Å². The molecule has 0 saturated heterocycles. The van der Waals surface area contributed by atoms with Gasteiger partial charge in [0.25, 0.3) is 5.56 Å². The number of rotatable bonds is 3. The van der Waals surface area contributed by atoms with Gasteiger partial charge in [0, 0.05) is 11.9 Å². The summed E-state index contributed by atoms with van der Waals surface area (Å²) in [7, 11) is 2.46. The van der Waals surface area contributed by atoms with Gasteiger partial charge in [-0.15, -0.1) is 0 Å². The molecule has 0 amide bonds. The standard InChI is InChI=1S/C17H15N3O5/c1-24-16(22)12-5-3-4-8-20(14(12)17(23)25-2)10-6-7-11-13(9-10)18-19-15(11)21/h3-9H,1-2H3,(H2,18,19,21). The average Bonchev–Trinajstić information content (AvgIpc) is 2.87. The van der Waals surface area contributed by atoms with E-state index in [1.807, 2.05) is 0 Å². The second-order valence-electron chi connectivity index (χ2n) is 5.13. The van der Waals surface area contributed by atoms with Crippen molar-refractivity contribution >= 4 is 28.5 Å². The molecule has 25 heavy (non-hydrogen) atoms. The first-order chi connectivity index (χ1) is 12.1. The Morgan fingerprint density at radius 3 is 2.52 bits per heavy atom. The van der Waals surface area contributed by atoms with Crippen LogP contribution >= 0.6 is 0 Å². The molecule has 0 saturated carbocycles. The lowest BCUT2D eigenvalue weighted by Crippen LogP contribution is -2.26. The monoisotopic (exact) mass is 341 g/mol. The molecule has 0 fully saturated rings. The molecule has 0 atom stereocenters. The number of allylic oxidation sites excluding steroid dienone is 2. The molecule has 0 radical (unpaired) electrons. The Kier molecular flexibility index (Phi) is 4.25. The molecule has 2 aromatic rings. The summed E-state index contributed by atoms with van der Waals surface area (Å²) in [6, 6.07) is 4.97. The third-order valence-corrected chi connectivity index (χ3v) is 3.73. The van der Waals surface area contributed by atoms with Crippen LogP contribution in [0.3, 0.4) is 0 Å². The highest BCUT2D eigenvalue weighted by atomic mass is 16.5. The third kappa shape index (κ3) is 2.85. The molecule has 0 aliphatic carbocycles. The van der Waals surface area contributed by atoms with E-state index in [1.165, 1.54) is 25.2 Å². The Hall–Kier alpha value is -3.55. The topological polar surface area (TPSA) is 104 Å². The van der Waals surface area contributed by atoms with Crippen molar-refractivity contribution in [3.05, 3.63) is 64.3 Å². The van der Waals surface area contributed by atoms with Crippen molar-refractivity contribution in [3.63, 3.8) is 0 Å². The van der Waals surface area contributed by atoms with Crippen molar-refractivity contribution in [2.75, 3.05) is 19.1 Å². The molecule has 1 aliphatic rings. The molecule has 1 aliphatic heterocycles. The van der Waals surface area contributed by atoms with Gasteiger partial charge in [0.15, 0.2) is 0 Å². The van der Waals surface area contributed by atoms with Crippen LogP contribution in [0, 0.1) is 0 Å². The van der Waals surface area contributed by atoms with Crippen molar-refractivity contribution in [2.45, 2.75) is 0 Å². The van der Waals surface area contributed by atoms with Crippen molar-refractivity contribution < 1.29 is 19.1 Å². The van der Waals surface area contributed by atoms with Crippen LogP contribution in [0.1, 0.15) is 0 Å². The van der Waals surface area contributed by atoms with E-state index in [0.29, 0.717) is 16.6 Å². The maximum atomic E-state index is 12.3. The SMILES string of the molecule is COC(=O)C1=C(C(=O)OC)N(c2ccc3c(=O)[nH][nH]c3c2)C=CC=C1. The number of H-pyrrole nitrogens is 2. The van der Waals surface area contributed by atoms with Gasteiger partial charge in [-0.1, -0.05) is 6.08 Å². The quantitative estimate of drug-likeness (QED) is 0.817. The van der Waals surface area contributed by atoms with Gasteiger partial charge in [0.05, 0.1) is 30.7 Å². The van der Waals surface area contributed by atoms with Gasteiger partial charge in [0.1, 0.15) is 5.70 Å². The van der Waals surface area contributed by atoms with E-state index in [4.69, 9.17) is 9.47 Å². The number of hydrogen-bond acceptors (Lipinski definition) is 6. The maximum Gasteiger partial charge on any atom is 0.355 e. The van der Waals surface area contributed by atoms with E-state index in [9.17, 15) is 14.4 Å². The number of benzene rings is 1. The number of fused-ring (bicyclic) bond motifs is 1. The lowest BCUT2D eigenvalue weighted by Gasteiger charge is -2.23. The zero-order valence-electron chi connectivity index (χ0n) is 13.5. The number of hydrogen-bond donors (Lipinski definition) is 2. The smallest absolute Gasteiger partial charge is 0.355 e. The van der Waals surface area contributed by atoms with E-state index in [2.05, 4.69) is 10.2 Å². The minimum absolute atomic E-state index is 0.0107. The van der Waals surface area contributed by atoms with E-state index < -0.39 is 11.9 Å². The second-order valence-corrected chi connectivity index (χ2v) is 5.13.